The number of hydrogen-bond donors (Lipinski definition) is 1. The minimum atomic E-state index is -3.27. The molecule has 0 unspecified atom stereocenters. The van der Waals surface area contributed by atoms with Crippen LogP contribution in [0.15, 0.2) is 30.3 Å². The number of rotatable bonds is 5. The Morgan fingerprint density at radius 3 is 2.33 bits per heavy atom. The van der Waals surface area contributed by atoms with Gasteiger partial charge in [0.05, 0.1) is 11.9 Å². The maximum atomic E-state index is 11.5. The fraction of sp³-hybridized carbons (Fsp3) is 0.400. The van der Waals surface area contributed by atoms with Crippen LogP contribution in [0, 0.1) is 0 Å². The summed E-state index contributed by atoms with van der Waals surface area (Å²) >= 11 is 0. The highest BCUT2D eigenvalue weighted by Gasteiger charge is 2.15. The number of anilines is 1. The average Bonchev–Trinajstić information content (AvgIpc) is 2.18. The van der Waals surface area contributed by atoms with Crippen LogP contribution in [0.1, 0.15) is 6.42 Å². The molecule has 84 valence electrons. The third kappa shape index (κ3) is 3.53. The van der Waals surface area contributed by atoms with Gasteiger partial charge in [-0.15, -0.1) is 0 Å². The molecule has 0 aliphatic carbocycles. The van der Waals surface area contributed by atoms with Gasteiger partial charge in [-0.05, 0) is 18.6 Å². The molecule has 1 N–H and O–H groups in total. The summed E-state index contributed by atoms with van der Waals surface area (Å²) in [6.45, 7) is 0.290. The van der Waals surface area contributed by atoms with Gasteiger partial charge in [0.15, 0.2) is 0 Å². The van der Waals surface area contributed by atoms with Crippen LogP contribution in [0.25, 0.3) is 0 Å². The maximum absolute atomic E-state index is 11.5. The Morgan fingerprint density at radius 2 is 1.87 bits per heavy atom. The summed E-state index contributed by atoms with van der Waals surface area (Å²) in [5, 5.41) is 8.71. The molecule has 0 fully saturated rings. The van der Waals surface area contributed by atoms with E-state index in [0.29, 0.717) is 18.7 Å². The van der Waals surface area contributed by atoms with E-state index in [4.69, 9.17) is 5.11 Å². The molecule has 0 amide bonds. The van der Waals surface area contributed by atoms with Crippen LogP contribution in [0.2, 0.25) is 0 Å². The molecular formula is C10H15NO3S. The van der Waals surface area contributed by atoms with Crippen LogP contribution in [-0.4, -0.2) is 32.9 Å². The Morgan fingerprint density at radius 1 is 1.27 bits per heavy atom. The minimum absolute atomic E-state index is 0.0150. The van der Waals surface area contributed by atoms with E-state index in [1.165, 1.54) is 4.31 Å². The van der Waals surface area contributed by atoms with Crippen LogP contribution in [0.5, 0.6) is 0 Å². The predicted molar refractivity (Wildman–Crippen MR) is 60.3 cm³/mol. The van der Waals surface area contributed by atoms with Gasteiger partial charge < -0.3 is 5.11 Å². The molecule has 1 rings (SSSR count). The van der Waals surface area contributed by atoms with Gasteiger partial charge in [-0.3, -0.25) is 4.31 Å². The van der Waals surface area contributed by atoms with Gasteiger partial charge in [-0.25, -0.2) is 8.42 Å². The van der Waals surface area contributed by atoms with Crippen molar-refractivity contribution in [3.05, 3.63) is 30.3 Å². The summed E-state index contributed by atoms with van der Waals surface area (Å²) in [5.74, 6) is 0. The van der Waals surface area contributed by atoms with Crippen LogP contribution in [0.4, 0.5) is 5.69 Å². The molecule has 4 nitrogen and oxygen atoms in total. The van der Waals surface area contributed by atoms with Crippen molar-refractivity contribution < 1.29 is 13.5 Å². The van der Waals surface area contributed by atoms with Crippen molar-refractivity contribution in [2.75, 3.05) is 23.7 Å². The fourth-order valence-electron chi connectivity index (χ4n) is 1.29. The SMILES string of the molecule is CS(=O)(=O)N(CCCO)c1ccccc1. The Kier molecular flexibility index (Phi) is 4.11. The normalized spacial score (nSPS) is 11.3. The van der Waals surface area contributed by atoms with E-state index in [2.05, 4.69) is 0 Å². The Labute approximate surface area is 90.2 Å². The maximum Gasteiger partial charge on any atom is 0.232 e. The first-order valence-electron chi connectivity index (χ1n) is 4.69. The molecule has 0 bridgehead atoms. The first-order chi connectivity index (χ1) is 7.05. The third-order valence-electron chi connectivity index (χ3n) is 1.96. The first kappa shape index (κ1) is 12.0. The first-order valence-corrected chi connectivity index (χ1v) is 6.54. The number of sulfonamides is 1. The standard InChI is InChI=1S/C10H15NO3S/c1-15(13,14)11(8-5-9-12)10-6-3-2-4-7-10/h2-4,6-7,12H,5,8-9H2,1H3. The number of nitrogens with zero attached hydrogens (tertiary/aromatic N) is 1. The summed E-state index contributed by atoms with van der Waals surface area (Å²) in [4.78, 5) is 0. The molecular weight excluding hydrogens is 214 g/mol. The van der Waals surface area contributed by atoms with Gasteiger partial charge in [0.1, 0.15) is 0 Å². The zero-order valence-electron chi connectivity index (χ0n) is 8.63. The lowest BCUT2D eigenvalue weighted by molar-refractivity contribution is 0.291. The lowest BCUT2D eigenvalue weighted by Crippen LogP contribution is -2.31. The molecule has 0 spiro atoms. The van der Waals surface area contributed by atoms with Crippen molar-refractivity contribution in [2.24, 2.45) is 0 Å². The van der Waals surface area contributed by atoms with Gasteiger partial charge in [-0.2, -0.15) is 0 Å². The highest BCUT2D eigenvalue weighted by atomic mass is 32.2. The van der Waals surface area contributed by atoms with Crippen molar-refractivity contribution in [3.63, 3.8) is 0 Å². The molecule has 0 radical (unpaired) electrons. The molecule has 0 saturated carbocycles. The Hall–Kier alpha value is -1.07. The zero-order chi connectivity index (χ0) is 11.3. The molecule has 1 aromatic carbocycles. The Bertz CT molecular complexity index is 388. The van der Waals surface area contributed by atoms with Crippen molar-refractivity contribution in [2.45, 2.75) is 6.42 Å². The summed E-state index contributed by atoms with van der Waals surface area (Å²) in [5.41, 5.74) is 0.633. The lowest BCUT2D eigenvalue weighted by atomic mass is 10.3. The summed E-state index contributed by atoms with van der Waals surface area (Å²) < 4.78 is 24.3. The zero-order valence-corrected chi connectivity index (χ0v) is 9.44. The molecule has 0 aromatic heterocycles. The summed E-state index contributed by atoms with van der Waals surface area (Å²) in [6, 6.07) is 8.87. The number of hydrogen-bond acceptors (Lipinski definition) is 3. The van der Waals surface area contributed by atoms with E-state index in [1.54, 1.807) is 24.3 Å². The largest absolute Gasteiger partial charge is 0.396 e. The molecule has 0 heterocycles. The molecule has 0 atom stereocenters. The second kappa shape index (κ2) is 5.14. The molecule has 0 saturated heterocycles. The quantitative estimate of drug-likeness (QED) is 0.813. The van der Waals surface area contributed by atoms with Crippen molar-refractivity contribution in [1.82, 2.24) is 0 Å². The molecule has 15 heavy (non-hydrogen) atoms. The fourth-order valence-corrected chi connectivity index (χ4v) is 2.26. The smallest absolute Gasteiger partial charge is 0.232 e. The van der Waals surface area contributed by atoms with Crippen LogP contribution in [-0.2, 0) is 10.0 Å². The molecule has 0 aliphatic heterocycles. The van der Waals surface area contributed by atoms with Crippen molar-refractivity contribution in [1.29, 1.82) is 0 Å². The van der Waals surface area contributed by atoms with Crippen LogP contribution < -0.4 is 4.31 Å². The van der Waals surface area contributed by atoms with Gasteiger partial charge in [0, 0.05) is 13.2 Å². The average molecular weight is 229 g/mol. The lowest BCUT2D eigenvalue weighted by Gasteiger charge is -2.21. The van der Waals surface area contributed by atoms with E-state index in [-0.39, 0.29) is 6.61 Å². The van der Waals surface area contributed by atoms with Gasteiger partial charge >= 0.3 is 0 Å². The molecule has 1 aromatic rings. The van der Waals surface area contributed by atoms with Gasteiger partial charge in [0.25, 0.3) is 0 Å². The van der Waals surface area contributed by atoms with E-state index in [9.17, 15) is 8.42 Å². The third-order valence-corrected chi connectivity index (χ3v) is 3.16. The second-order valence-corrected chi connectivity index (χ2v) is 5.15. The molecule has 5 heteroatoms. The Balaban J connectivity index is 2.92. The predicted octanol–water partition coefficient (Wildman–Crippen LogP) is 0.835. The summed E-state index contributed by atoms with van der Waals surface area (Å²) in [7, 11) is -3.27. The van der Waals surface area contributed by atoms with E-state index in [1.807, 2.05) is 6.07 Å². The second-order valence-electron chi connectivity index (χ2n) is 3.25. The highest BCUT2D eigenvalue weighted by Crippen LogP contribution is 2.16. The van der Waals surface area contributed by atoms with Crippen LogP contribution >= 0.6 is 0 Å². The number of benzene rings is 1. The van der Waals surface area contributed by atoms with Gasteiger partial charge in [-0.1, -0.05) is 18.2 Å². The van der Waals surface area contributed by atoms with Crippen molar-refractivity contribution >= 4 is 15.7 Å². The van der Waals surface area contributed by atoms with Crippen molar-refractivity contribution in [3.8, 4) is 0 Å². The number of para-hydroxylation sites is 1. The highest BCUT2D eigenvalue weighted by molar-refractivity contribution is 7.92. The van der Waals surface area contributed by atoms with Gasteiger partial charge in [0.2, 0.25) is 10.0 Å². The van der Waals surface area contributed by atoms with E-state index >= 15 is 0 Å². The van der Waals surface area contributed by atoms with E-state index < -0.39 is 10.0 Å². The number of aliphatic hydroxyl groups is 1. The summed E-state index contributed by atoms with van der Waals surface area (Å²) in [6.07, 6.45) is 1.60. The van der Waals surface area contributed by atoms with Crippen LogP contribution in [0.3, 0.4) is 0 Å². The number of aliphatic hydroxyl groups excluding tert-OH is 1. The topological polar surface area (TPSA) is 57.6 Å². The van der Waals surface area contributed by atoms with E-state index in [0.717, 1.165) is 6.26 Å². The molecule has 0 aliphatic rings. The minimum Gasteiger partial charge on any atom is -0.396 e. The monoisotopic (exact) mass is 229 g/mol.